The van der Waals surface area contributed by atoms with Crippen LogP contribution in [0.15, 0.2) is 40.2 Å². The molecule has 0 atom stereocenters. The van der Waals surface area contributed by atoms with Crippen LogP contribution in [-0.4, -0.2) is 23.4 Å². The van der Waals surface area contributed by atoms with E-state index in [9.17, 15) is 8.42 Å². The van der Waals surface area contributed by atoms with Crippen molar-refractivity contribution in [1.82, 2.24) is 19.7 Å². The van der Waals surface area contributed by atoms with E-state index in [2.05, 4.69) is 35.6 Å². The van der Waals surface area contributed by atoms with E-state index in [1.54, 1.807) is 6.07 Å². The van der Waals surface area contributed by atoms with E-state index in [4.69, 9.17) is 5.73 Å². The number of nitrogens with zero attached hydrogens (tertiary/aromatic N) is 3. The molecule has 2 aromatic heterocycles. The Labute approximate surface area is 118 Å². The average Bonchev–Trinajstić information content (AvgIpc) is 2.40. The zero-order valence-electron chi connectivity index (χ0n) is 9.62. The molecule has 7 nitrogen and oxygen atoms in total. The number of hydrogen-bond donors (Lipinski definition) is 2. The van der Waals surface area contributed by atoms with Crippen molar-refractivity contribution in [2.75, 3.05) is 5.73 Å². The number of nitrogen functional groups attached to an aromatic ring is 1. The number of halogens is 1. The molecule has 2 rings (SSSR count). The number of sulfonamides is 1. The second kappa shape index (κ2) is 5.59. The molecule has 0 unspecified atom stereocenters. The minimum Gasteiger partial charge on any atom is -0.383 e. The molecule has 0 aromatic carbocycles. The second-order valence-electron chi connectivity index (χ2n) is 3.56. The van der Waals surface area contributed by atoms with Crippen LogP contribution in [0, 0.1) is 0 Å². The van der Waals surface area contributed by atoms with Crippen LogP contribution in [-0.2, 0) is 16.6 Å². The molecule has 0 aliphatic heterocycles. The third-order valence-electron chi connectivity index (χ3n) is 2.22. The molecule has 0 fully saturated rings. The van der Waals surface area contributed by atoms with Crippen LogP contribution in [0.4, 0.5) is 5.82 Å². The number of nitrogens with two attached hydrogens (primary N) is 1. The Morgan fingerprint density at radius 3 is 2.84 bits per heavy atom. The summed E-state index contributed by atoms with van der Waals surface area (Å²) in [4.78, 5) is 11.4. The normalized spacial score (nSPS) is 11.4. The van der Waals surface area contributed by atoms with Gasteiger partial charge in [-0.3, -0.25) is 0 Å². The van der Waals surface area contributed by atoms with E-state index in [0.717, 1.165) is 0 Å². The Bertz CT molecular complexity index is 678. The van der Waals surface area contributed by atoms with E-state index >= 15 is 0 Å². The molecule has 0 aliphatic carbocycles. The molecule has 0 amide bonds. The Balaban J connectivity index is 2.21. The monoisotopic (exact) mass is 343 g/mol. The second-order valence-corrected chi connectivity index (χ2v) is 6.21. The summed E-state index contributed by atoms with van der Waals surface area (Å²) in [5.41, 5.74) is 6.12. The van der Waals surface area contributed by atoms with E-state index in [-0.39, 0.29) is 17.3 Å². The van der Waals surface area contributed by atoms with Gasteiger partial charge in [0.15, 0.2) is 0 Å². The fourth-order valence-electron chi connectivity index (χ4n) is 1.32. The van der Waals surface area contributed by atoms with Gasteiger partial charge in [0.25, 0.3) is 0 Å². The number of anilines is 1. The van der Waals surface area contributed by atoms with Crippen LogP contribution in [0.25, 0.3) is 0 Å². The summed E-state index contributed by atoms with van der Waals surface area (Å²) in [6, 6.07) is 3.01. The largest absolute Gasteiger partial charge is 0.383 e. The SMILES string of the molecule is Nc1ncc(Br)cc1S(=O)(=O)NCc1ccncn1. The van der Waals surface area contributed by atoms with Gasteiger partial charge in [-0.25, -0.2) is 28.1 Å². The van der Waals surface area contributed by atoms with Crippen LogP contribution >= 0.6 is 15.9 Å². The van der Waals surface area contributed by atoms with Crippen LogP contribution in [0.5, 0.6) is 0 Å². The molecule has 2 heterocycles. The molecule has 3 N–H and O–H groups in total. The molecule has 0 saturated carbocycles. The lowest BCUT2D eigenvalue weighted by Crippen LogP contribution is -2.25. The first-order chi connectivity index (χ1) is 8.99. The summed E-state index contributed by atoms with van der Waals surface area (Å²) < 4.78 is 27.1. The summed E-state index contributed by atoms with van der Waals surface area (Å²) in [5, 5.41) is 0. The highest BCUT2D eigenvalue weighted by atomic mass is 79.9. The van der Waals surface area contributed by atoms with Crippen molar-refractivity contribution in [3.8, 4) is 0 Å². The molecule has 2 aromatic rings. The molecule has 9 heteroatoms. The van der Waals surface area contributed by atoms with Crippen LogP contribution in [0.3, 0.4) is 0 Å². The average molecular weight is 344 g/mol. The Morgan fingerprint density at radius 1 is 1.37 bits per heavy atom. The maximum Gasteiger partial charge on any atom is 0.244 e. The number of hydrogen-bond acceptors (Lipinski definition) is 6. The first kappa shape index (κ1) is 13.8. The topological polar surface area (TPSA) is 111 Å². The van der Waals surface area contributed by atoms with Gasteiger partial charge in [-0.15, -0.1) is 0 Å². The maximum atomic E-state index is 12.1. The van der Waals surface area contributed by atoms with Gasteiger partial charge in [-0.05, 0) is 28.1 Å². The predicted molar refractivity (Wildman–Crippen MR) is 72.4 cm³/mol. The Kier molecular flexibility index (Phi) is 4.08. The molecule has 0 aliphatic rings. The molecule has 100 valence electrons. The van der Waals surface area contributed by atoms with Crippen molar-refractivity contribution in [2.24, 2.45) is 0 Å². The van der Waals surface area contributed by atoms with Crippen LogP contribution < -0.4 is 10.5 Å². The molecular formula is C10H10BrN5O2S. The third kappa shape index (κ3) is 3.46. The molecule has 0 radical (unpaired) electrons. The van der Waals surface area contributed by atoms with Crippen molar-refractivity contribution >= 4 is 31.8 Å². The first-order valence-corrected chi connectivity index (χ1v) is 7.42. The lowest BCUT2D eigenvalue weighted by atomic mass is 10.4. The lowest BCUT2D eigenvalue weighted by Gasteiger charge is -2.08. The van der Waals surface area contributed by atoms with Gasteiger partial charge in [-0.2, -0.15) is 0 Å². The highest BCUT2D eigenvalue weighted by Gasteiger charge is 2.18. The minimum absolute atomic E-state index is 0.0524. The Hall–Kier alpha value is -1.58. The maximum absolute atomic E-state index is 12.1. The summed E-state index contributed by atoms with van der Waals surface area (Å²) in [6.45, 7) is 0.0524. The quantitative estimate of drug-likeness (QED) is 0.844. The third-order valence-corrected chi connectivity index (χ3v) is 4.09. The zero-order chi connectivity index (χ0) is 13.9. The van der Waals surface area contributed by atoms with E-state index in [1.165, 1.54) is 24.8 Å². The summed E-state index contributed by atoms with van der Waals surface area (Å²) in [6.07, 6.45) is 4.31. The van der Waals surface area contributed by atoms with Crippen molar-refractivity contribution < 1.29 is 8.42 Å². The molecule has 0 saturated heterocycles. The molecule has 0 spiro atoms. The van der Waals surface area contributed by atoms with E-state index in [1.807, 2.05) is 0 Å². The van der Waals surface area contributed by atoms with Crippen LogP contribution in [0.2, 0.25) is 0 Å². The van der Waals surface area contributed by atoms with Crippen LogP contribution in [0.1, 0.15) is 5.69 Å². The summed E-state index contributed by atoms with van der Waals surface area (Å²) in [5.74, 6) is -0.0570. The fraction of sp³-hybridized carbons (Fsp3) is 0.100. The number of nitrogens with one attached hydrogen (secondary N) is 1. The smallest absolute Gasteiger partial charge is 0.244 e. The van der Waals surface area contributed by atoms with Gasteiger partial charge in [0.2, 0.25) is 10.0 Å². The van der Waals surface area contributed by atoms with Gasteiger partial charge < -0.3 is 5.73 Å². The van der Waals surface area contributed by atoms with E-state index in [0.29, 0.717) is 10.2 Å². The van der Waals surface area contributed by atoms with Gasteiger partial charge in [0, 0.05) is 16.9 Å². The van der Waals surface area contributed by atoms with Gasteiger partial charge in [0.05, 0.1) is 12.2 Å². The van der Waals surface area contributed by atoms with Gasteiger partial charge in [0.1, 0.15) is 17.0 Å². The molecule has 0 bridgehead atoms. The van der Waals surface area contributed by atoms with E-state index < -0.39 is 10.0 Å². The number of rotatable bonds is 4. The van der Waals surface area contributed by atoms with Crippen molar-refractivity contribution in [3.05, 3.63) is 41.0 Å². The summed E-state index contributed by atoms with van der Waals surface area (Å²) in [7, 11) is -3.74. The highest BCUT2D eigenvalue weighted by Crippen LogP contribution is 2.20. The predicted octanol–water partition coefficient (Wildman–Crippen LogP) is 0.695. The molecule has 19 heavy (non-hydrogen) atoms. The number of pyridine rings is 1. The van der Waals surface area contributed by atoms with Crippen molar-refractivity contribution in [1.29, 1.82) is 0 Å². The first-order valence-electron chi connectivity index (χ1n) is 5.14. The van der Waals surface area contributed by atoms with Gasteiger partial charge >= 0.3 is 0 Å². The highest BCUT2D eigenvalue weighted by molar-refractivity contribution is 9.10. The van der Waals surface area contributed by atoms with Crippen molar-refractivity contribution in [2.45, 2.75) is 11.4 Å². The molecular weight excluding hydrogens is 334 g/mol. The lowest BCUT2D eigenvalue weighted by molar-refractivity contribution is 0.580. The zero-order valence-corrected chi connectivity index (χ0v) is 12.0. The standard InChI is InChI=1S/C10H10BrN5O2S/c11-7-3-9(10(12)14-4-7)19(17,18)16-5-8-1-2-13-6-15-8/h1-4,6,16H,5H2,(H2,12,14). The number of aromatic nitrogens is 3. The van der Waals surface area contributed by atoms with Crippen molar-refractivity contribution in [3.63, 3.8) is 0 Å². The minimum atomic E-state index is -3.74. The fourth-order valence-corrected chi connectivity index (χ4v) is 2.90. The van der Waals surface area contributed by atoms with Gasteiger partial charge in [-0.1, -0.05) is 0 Å². The summed E-state index contributed by atoms with van der Waals surface area (Å²) >= 11 is 3.15. The Morgan fingerprint density at radius 2 is 2.16 bits per heavy atom.